The molecule has 3 atom stereocenters. The SMILES string of the molecule is COC(=O)CCCC[C@@H]1SC[C@H]2[C@@H]1N=C(N)N2C(=O)OC. The second kappa shape index (κ2) is 7.02. The van der Waals surface area contributed by atoms with Gasteiger partial charge in [0, 0.05) is 17.4 Å². The smallest absolute Gasteiger partial charge is 0.416 e. The topological polar surface area (TPSA) is 94.2 Å². The minimum Gasteiger partial charge on any atom is -0.469 e. The van der Waals surface area contributed by atoms with E-state index in [0.717, 1.165) is 25.0 Å². The Labute approximate surface area is 128 Å². The summed E-state index contributed by atoms with van der Waals surface area (Å²) in [6.07, 6.45) is 2.69. The molecule has 118 valence electrons. The van der Waals surface area contributed by atoms with Crippen molar-refractivity contribution in [2.24, 2.45) is 10.7 Å². The van der Waals surface area contributed by atoms with Crippen molar-refractivity contribution in [2.45, 2.75) is 43.0 Å². The van der Waals surface area contributed by atoms with Gasteiger partial charge in [-0.15, -0.1) is 0 Å². The van der Waals surface area contributed by atoms with Crippen LogP contribution in [0.25, 0.3) is 0 Å². The summed E-state index contributed by atoms with van der Waals surface area (Å²) in [5, 5.41) is 0.334. The monoisotopic (exact) mass is 315 g/mol. The second-order valence-corrected chi connectivity index (χ2v) is 6.35. The Hall–Kier alpha value is -1.44. The van der Waals surface area contributed by atoms with Crippen LogP contribution in [0.5, 0.6) is 0 Å². The summed E-state index contributed by atoms with van der Waals surface area (Å²) in [6.45, 7) is 0. The first-order valence-electron chi connectivity index (χ1n) is 6.97. The molecule has 0 spiro atoms. The van der Waals surface area contributed by atoms with E-state index in [9.17, 15) is 9.59 Å². The second-order valence-electron chi connectivity index (χ2n) is 5.08. The molecular formula is C13H21N3O4S. The molecule has 1 saturated heterocycles. The number of amides is 1. The maximum absolute atomic E-state index is 11.7. The highest BCUT2D eigenvalue weighted by atomic mass is 32.2. The number of nitrogens with two attached hydrogens (primary N) is 1. The van der Waals surface area contributed by atoms with E-state index in [1.54, 1.807) is 11.8 Å². The lowest BCUT2D eigenvalue weighted by Gasteiger charge is -2.21. The van der Waals surface area contributed by atoms with Crippen LogP contribution in [-0.4, -0.2) is 60.2 Å². The number of carbonyl (C=O) groups is 2. The summed E-state index contributed by atoms with van der Waals surface area (Å²) < 4.78 is 9.37. The number of fused-ring (bicyclic) bond motifs is 1. The standard InChI is InChI=1S/C13H21N3O4S/c1-19-10(17)6-4-3-5-9-11-8(7-21-9)16(12(14)15-11)13(18)20-2/h8-9,11H,3-7H2,1-2H3,(H2,14,15)/t8-,9-,11-/m0/s1. The number of hydrogen-bond acceptors (Lipinski definition) is 7. The third-order valence-electron chi connectivity index (χ3n) is 3.83. The van der Waals surface area contributed by atoms with Crippen LogP contribution in [0.4, 0.5) is 4.79 Å². The highest BCUT2D eigenvalue weighted by molar-refractivity contribution is 8.00. The van der Waals surface area contributed by atoms with E-state index >= 15 is 0 Å². The van der Waals surface area contributed by atoms with Gasteiger partial charge in [-0.05, 0) is 12.8 Å². The van der Waals surface area contributed by atoms with Crippen molar-refractivity contribution < 1.29 is 19.1 Å². The van der Waals surface area contributed by atoms with Crippen molar-refractivity contribution in [2.75, 3.05) is 20.0 Å². The van der Waals surface area contributed by atoms with E-state index in [1.807, 2.05) is 0 Å². The minimum atomic E-state index is -0.448. The van der Waals surface area contributed by atoms with Gasteiger partial charge >= 0.3 is 12.1 Å². The van der Waals surface area contributed by atoms with Crippen molar-refractivity contribution in [1.82, 2.24) is 4.90 Å². The fraction of sp³-hybridized carbons (Fsp3) is 0.769. The van der Waals surface area contributed by atoms with Crippen LogP contribution in [0, 0.1) is 0 Å². The van der Waals surface area contributed by atoms with Crippen LogP contribution in [0.15, 0.2) is 4.99 Å². The number of unbranched alkanes of at least 4 members (excludes halogenated alkanes) is 1. The van der Waals surface area contributed by atoms with Crippen LogP contribution in [0.2, 0.25) is 0 Å². The Bertz CT molecular complexity index is 443. The minimum absolute atomic E-state index is 0.00643. The van der Waals surface area contributed by atoms with Gasteiger partial charge in [0.1, 0.15) is 0 Å². The predicted octanol–water partition coefficient (Wildman–Crippen LogP) is 0.969. The van der Waals surface area contributed by atoms with Gasteiger partial charge in [0.05, 0.1) is 26.3 Å². The first-order chi connectivity index (χ1) is 10.1. The molecule has 0 saturated carbocycles. The fourth-order valence-electron chi connectivity index (χ4n) is 2.75. The molecule has 7 nitrogen and oxygen atoms in total. The largest absolute Gasteiger partial charge is 0.469 e. The zero-order valence-corrected chi connectivity index (χ0v) is 13.1. The fourth-order valence-corrected chi connectivity index (χ4v) is 4.31. The van der Waals surface area contributed by atoms with Crippen molar-refractivity contribution in [3.05, 3.63) is 0 Å². The van der Waals surface area contributed by atoms with Crippen LogP contribution in [0.3, 0.4) is 0 Å². The Morgan fingerprint density at radius 2 is 2.14 bits per heavy atom. The molecule has 0 aromatic carbocycles. The van der Waals surface area contributed by atoms with Gasteiger partial charge in [-0.3, -0.25) is 4.79 Å². The van der Waals surface area contributed by atoms with Gasteiger partial charge in [0.15, 0.2) is 0 Å². The Morgan fingerprint density at radius 1 is 1.38 bits per heavy atom. The molecule has 8 heteroatoms. The van der Waals surface area contributed by atoms with Crippen molar-refractivity contribution in [3.63, 3.8) is 0 Å². The number of methoxy groups -OCH3 is 2. The van der Waals surface area contributed by atoms with Crippen LogP contribution in [0.1, 0.15) is 25.7 Å². The molecule has 1 amide bonds. The van der Waals surface area contributed by atoms with Gasteiger partial charge in [-0.2, -0.15) is 11.8 Å². The summed E-state index contributed by atoms with van der Waals surface area (Å²) in [4.78, 5) is 28.7. The van der Waals surface area contributed by atoms with Gasteiger partial charge < -0.3 is 15.2 Å². The first-order valence-corrected chi connectivity index (χ1v) is 8.02. The molecule has 2 aliphatic rings. The quantitative estimate of drug-likeness (QED) is 0.600. The maximum atomic E-state index is 11.7. The number of aliphatic imine (C=N–C) groups is 1. The normalized spacial score (nSPS) is 27.2. The number of hydrogen-bond donors (Lipinski definition) is 1. The summed E-state index contributed by atoms with van der Waals surface area (Å²) in [7, 11) is 2.74. The molecule has 0 aliphatic carbocycles. The number of nitrogens with zero attached hydrogens (tertiary/aromatic N) is 2. The zero-order chi connectivity index (χ0) is 15.4. The van der Waals surface area contributed by atoms with Crippen LogP contribution in [-0.2, 0) is 14.3 Å². The predicted molar refractivity (Wildman–Crippen MR) is 80.2 cm³/mol. The number of ether oxygens (including phenoxy) is 2. The van der Waals surface area contributed by atoms with Gasteiger partial charge in [-0.25, -0.2) is 14.7 Å². The lowest BCUT2D eigenvalue weighted by Crippen LogP contribution is -2.47. The highest BCUT2D eigenvalue weighted by Gasteiger charge is 2.47. The van der Waals surface area contributed by atoms with Gasteiger partial charge in [0.2, 0.25) is 5.96 Å². The van der Waals surface area contributed by atoms with Crippen molar-refractivity contribution >= 4 is 29.8 Å². The maximum Gasteiger partial charge on any atom is 0.416 e. The Balaban J connectivity index is 1.84. The number of guanidine groups is 1. The third kappa shape index (κ3) is 3.42. The summed E-state index contributed by atoms with van der Waals surface area (Å²) >= 11 is 1.80. The first kappa shape index (κ1) is 15.9. The zero-order valence-electron chi connectivity index (χ0n) is 12.3. The summed E-state index contributed by atoms with van der Waals surface area (Å²) in [5.41, 5.74) is 5.83. The number of esters is 1. The van der Waals surface area contributed by atoms with E-state index < -0.39 is 6.09 Å². The number of rotatable bonds is 5. The average molecular weight is 315 g/mol. The highest BCUT2D eigenvalue weighted by Crippen LogP contribution is 2.38. The number of thioether (sulfide) groups is 1. The van der Waals surface area contributed by atoms with Gasteiger partial charge in [-0.1, -0.05) is 6.42 Å². The molecule has 0 aromatic rings. The third-order valence-corrected chi connectivity index (χ3v) is 5.31. The molecule has 2 aliphatic heterocycles. The molecule has 2 N–H and O–H groups in total. The number of carbonyl (C=O) groups excluding carboxylic acids is 2. The van der Waals surface area contributed by atoms with E-state index in [0.29, 0.717) is 11.7 Å². The van der Waals surface area contributed by atoms with Crippen LogP contribution < -0.4 is 5.73 Å². The molecule has 0 radical (unpaired) electrons. The Kier molecular flexibility index (Phi) is 5.33. The van der Waals surface area contributed by atoms with E-state index in [2.05, 4.69) is 9.73 Å². The molecular weight excluding hydrogens is 294 g/mol. The van der Waals surface area contributed by atoms with E-state index in [-0.39, 0.29) is 24.0 Å². The lowest BCUT2D eigenvalue weighted by molar-refractivity contribution is -0.140. The summed E-state index contributed by atoms with van der Waals surface area (Å²) in [5.74, 6) is 0.884. The van der Waals surface area contributed by atoms with Gasteiger partial charge in [0.25, 0.3) is 0 Å². The molecule has 21 heavy (non-hydrogen) atoms. The molecule has 2 heterocycles. The van der Waals surface area contributed by atoms with E-state index in [1.165, 1.54) is 19.1 Å². The molecule has 2 rings (SSSR count). The summed E-state index contributed by atoms with van der Waals surface area (Å²) in [6, 6.07) is 0.0280. The lowest BCUT2D eigenvalue weighted by atomic mass is 10.0. The molecule has 0 unspecified atom stereocenters. The Morgan fingerprint density at radius 3 is 2.81 bits per heavy atom. The molecule has 0 aromatic heterocycles. The van der Waals surface area contributed by atoms with E-state index in [4.69, 9.17) is 10.5 Å². The van der Waals surface area contributed by atoms with Crippen LogP contribution >= 0.6 is 11.8 Å². The average Bonchev–Trinajstić information content (AvgIpc) is 3.00. The molecule has 1 fully saturated rings. The van der Waals surface area contributed by atoms with Crippen molar-refractivity contribution in [3.8, 4) is 0 Å². The van der Waals surface area contributed by atoms with Crippen molar-refractivity contribution in [1.29, 1.82) is 0 Å². The molecule has 0 bridgehead atoms.